The highest BCUT2D eigenvalue weighted by molar-refractivity contribution is 5.94. The number of aromatic nitrogens is 1. The van der Waals surface area contributed by atoms with Crippen LogP contribution in [0.2, 0.25) is 0 Å². The Kier molecular flexibility index (Phi) is 5.18. The van der Waals surface area contributed by atoms with Crippen molar-refractivity contribution in [1.29, 1.82) is 0 Å². The molecule has 1 aliphatic carbocycles. The molecule has 2 aromatic rings. The van der Waals surface area contributed by atoms with Crippen molar-refractivity contribution in [1.82, 2.24) is 14.4 Å². The highest BCUT2D eigenvalue weighted by atomic mass is 16.5. The molecular weight excluding hydrogens is 362 g/mol. The average molecular weight is 394 g/mol. The van der Waals surface area contributed by atoms with E-state index >= 15 is 0 Å². The van der Waals surface area contributed by atoms with Crippen molar-refractivity contribution in [3.63, 3.8) is 0 Å². The van der Waals surface area contributed by atoms with Crippen LogP contribution >= 0.6 is 0 Å². The number of rotatable bonds is 4. The molecule has 1 aromatic carbocycles. The Balaban J connectivity index is 1.28. The molecule has 1 spiro atoms. The zero-order valence-corrected chi connectivity index (χ0v) is 17.1. The van der Waals surface area contributed by atoms with Crippen molar-refractivity contribution in [2.75, 3.05) is 45.9 Å². The van der Waals surface area contributed by atoms with Crippen LogP contribution in [0.15, 0.2) is 48.8 Å². The van der Waals surface area contributed by atoms with Crippen LogP contribution in [0.25, 0.3) is 5.69 Å². The number of carbonyl (C=O) groups is 1. The van der Waals surface area contributed by atoms with Gasteiger partial charge >= 0.3 is 0 Å². The second-order valence-electron chi connectivity index (χ2n) is 9.20. The number of carbonyl (C=O) groups excluding carboxylic acids is 1. The molecule has 0 bridgehead atoms. The largest absolute Gasteiger partial charge is 0.379 e. The van der Waals surface area contributed by atoms with Gasteiger partial charge in [0.05, 0.1) is 13.2 Å². The molecule has 5 rings (SSSR count). The summed E-state index contributed by atoms with van der Waals surface area (Å²) < 4.78 is 8.09. The number of piperidine rings is 1. The van der Waals surface area contributed by atoms with Gasteiger partial charge < -0.3 is 19.1 Å². The van der Waals surface area contributed by atoms with Crippen molar-refractivity contribution >= 4 is 5.91 Å². The Hall–Kier alpha value is -2.11. The fraction of sp³-hybridized carbons (Fsp3) is 0.542. The third-order valence-electron chi connectivity index (χ3n) is 6.70. The van der Waals surface area contributed by atoms with Crippen molar-refractivity contribution in [2.45, 2.75) is 25.7 Å². The molecule has 2 aliphatic heterocycles. The summed E-state index contributed by atoms with van der Waals surface area (Å²) in [4.78, 5) is 17.9. The van der Waals surface area contributed by atoms with Gasteiger partial charge in [-0.3, -0.25) is 4.79 Å². The molecule has 2 saturated heterocycles. The van der Waals surface area contributed by atoms with Gasteiger partial charge in [0.25, 0.3) is 5.91 Å². The smallest absolute Gasteiger partial charge is 0.253 e. The SMILES string of the molecule is O=C(c1ccc(-n2cccc2)cc1)N1CCC[C@]2(COCCN(CC3CC3)C2)C1. The molecule has 29 heavy (non-hydrogen) atoms. The maximum atomic E-state index is 13.2. The molecular formula is C24H31N3O2. The number of benzene rings is 1. The minimum atomic E-state index is 0.0877. The molecule has 5 heteroatoms. The minimum Gasteiger partial charge on any atom is -0.379 e. The van der Waals surface area contributed by atoms with Gasteiger partial charge in [0.1, 0.15) is 0 Å². The second kappa shape index (κ2) is 7.96. The maximum Gasteiger partial charge on any atom is 0.253 e. The zero-order valence-electron chi connectivity index (χ0n) is 17.1. The van der Waals surface area contributed by atoms with Crippen LogP contribution in [-0.4, -0.2) is 66.2 Å². The zero-order chi connectivity index (χ0) is 19.7. The molecule has 3 heterocycles. The van der Waals surface area contributed by atoms with E-state index in [4.69, 9.17) is 4.74 Å². The van der Waals surface area contributed by atoms with Gasteiger partial charge in [-0.1, -0.05) is 0 Å². The van der Waals surface area contributed by atoms with E-state index in [1.807, 2.05) is 48.8 Å². The highest BCUT2D eigenvalue weighted by Gasteiger charge is 2.41. The first kappa shape index (κ1) is 18.9. The van der Waals surface area contributed by atoms with Crippen LogP contribution in [0, 0.1) is 11.3 Å². The van der Waals surface area contributed by atoms with Crippen molar-refractivity contribution in [3.05, 3.63) is 54.4 Å². The fourth-order valence-corrected chi connectivity index (χ4v) is 5.00. The normalized spacial score (nSPS) is 25.9. The quantitative estimate of drug-likeness (QED) is 0.799. The lowest BCUT2D eigenvalue weighted by molar-refractivity contribution is 0.00717. The first-order valence-electron chi connectivity index (χ1n) is 11.0. The van der Waals surface area contributed by atoms with Crippen LogP contribution in [0.3, 0.4) is 0 Å². The Morgan fingerprint density at radius 3 is 2.62 bits per heavy atom. The number of amides is 1. The van der Waals surface area contributed by atoms with Gasteiger partial charge in [-0.2, -0.15) is 0 Å². The van der Waals surface area contributed by atoms with Gasteiger partial charge in [-0.25, -0.2) is 0 Å². The molecule has 5 nitrogen and oxygen atoms in total. The molecule has 1 atom stereocenters. The van der Waals surface area contributed by atoms with Crippen molar-refractivity contribution in [3.8, 4) is 5.69 Å². The van der Waals surface area contributed by atoms with Crippen molar-refractivity contribution < 1.29 is 9.53 Å². The molecule has 1 aromatic heterocycles. The van der Waals surface area contributed by atoms with E-state index in [0.717, 1.165) is 69.4 Å². The number of nitrogens with zero attached hydrogens (tertiary/aromatic N) is 3. The Bertz CT molecular complexity index is 828. The molecule has 1 saturated carbocycles. The number of hydrogen-bond donors (Lipinski definition) is 0. The monoisotopic (exact) mass is 393 g/mol. The Morgan fingerprint density at radius 2 is 1.86 bits per heavy atom. The van der Waals surface area contributed by atoms with Gasteiger partial charge in [-0.15, -0.1) is 0 Å². The highest BCUT2D eigenvalue weighted by Crippen LogP contribution is 2.36. The molecule has 154 valence electrons. The van der Waals surface area contributed by atoms with Gasteiger partial charge in [-0.05, 0) is 68.0 Å². The van der Waals surface area contributed by atoms with Crippen LogP contribution in [0.1, 0.15) is 36.0 Å². The van der Waals surface area contributed by atoms with E-state index in [0.29, 0.717) is 0 Å². The predicted molar refractivity (Wildman–Crippen MR) is 113 cm³/mol. The van der Waals surface area contributed by atoms with Gasteiger partial charge in [0.2, 0.25) is 0 Å². The summed E-state index contributed by atoms with van der Waals surface area (Å²) in [5.74, 6) is 1.05. The summed E-state index contributed by atoms with van der Waals surface area (Å²) in [5.41, 5.74) is 1.95. The minimum absolute atomic E-state index is 0.0877. The number of ether oxygens (including phenoxy) is 1. The second-order valence-corrected chi connectivity index (χ2v) is 9.20. The summed E-state index contributed by atoms with van der Waals surface area (Å²) in [5, 5.41) is 0. The lowest BCUT2D eigenvalue weighted by atomic mass is 9.79. The standard InChI is InChI=1S/C24H31N3O2/c28-23(21-6-8-22(9-7-21)26-11-1-2-12-26)27-13-3-10-24(18-27)17-25(14-15-29-19-24)16-20-4-5-20/h1-2,6-9,11-12,20H,3-5,10,13-19H2/t24-/m1/s1. The predicted octanol–water partition coefficient (Wildman–Crippen LogP) is 3.44. The summed E-state index contributed by atoms with van der Waals surface area (Å²) in [7, 11) is 0. The summed E-state index contributed by atoms with van der Waals surface area (Å²) >= 11 is 0. The number of hydrogen-bond acceptors (Lipinski definition) is 3. The van der Waals surface area contributed by atoms with E-state index < -0.39 is 0 Å². The van der Waals surface area contributed by atoms with Gasteiger partial charge in [0, 0.05) is 61.8 Å². The maximum absolute atomic E-state index is 13.2. The lowest BCUT2D eigenvalue weighted by Gasteiger charge is -2.43. The lowest BCUT2D eigenvalue weighted by Crippen LogP contribution is -2.52. The molecule has 1 amide bonds. The first-order chi connectivity index (χ1) is 14.2. The first-order valence-corrected chi connectivity index (χ1v) is 11.0. The van der Waals surface area contributed by atoms with Crippen LogP contribution in [0.5, 0.6) is 0 Å². The Labute approximate surface area is 173 Å². The van der Waals surface area contributed by atoms with E-state index in [-0.39, 0.29) is 11.3 Å². The van der Waals surface area contributed by atoms with Gasteiger partial charge in [0.15, 0.2) is 0 Å². The molecule has 0 radical (unpaired) electrons. The van der Waals surface area contributed by atoms with Crippen molar-refractivity contribution in [2.24, 2.45) is 11.3 Å². The van der Waals surface area contributed by atoms with E-state index in [9.17, 15) is 4.79 Å². The fourth-order valence-electron chi connectivity index (χ4n) is 5.00. The van der Waals surface area contributed by atoms with Crippen LogP contribution in [-0.2, 0) is 4.74 Å². The van der Waals surface area contributed by atoms with Crippen LogP contribution < -0.4 is 0 Å². The van der Waals surface area contributed by atoms with E-state index in [1.54, 1.807) is 0 Å². The summed E-state index contributed by atoms with van der Waals surface area (Å²) in [6, 6.07) is 12.0. The topological polar surface area (TPSA) is 37.7 Å². The summed E-state index contributed by atoms with van der Waals surface area (Å²) in [6.07, 6.45) is 9.02. The molecule has 3 fully saturated rings. The van der Waals surface area contributed by atoms with Crippen LogP contribution in [0.4, 0.5) is 0 Å². The third kappa shape index (κ3) is 4.26. The number of likely N-dealkylation sites (tertiary alicyclic amines) is 1. The average Bonchev–Trinajstić information content (AvgIpc) is 3.44. The van der Waals surface area contributed by atoms with E-state index in [2.05, 4.69) is 14.4 Å². The molecule has 3 aliphatic rings. The molecule has 0 N–H and O–H groups in total. The molecule has 0 unspecified atom stereocenters. The summed E-state index contributed by atoms with van der Waals surface area (Å²) in [6.45, 7) is 6.58. The van der Waals surface area contributed by atoms with E-state index in [1.165, 1.54) is 19.4 Å². The third-order valence-corrected chi connectivity index (χ3v) is 6.70. The Morgan fingerprint density at radius 1 is 1.07 bits per heavy atom.